The highest BCUT2D eigenvalue weighted by molar-refractivity contribution is 7.91. The molecule has 1 aromatic heterocycles. The molecule has 12 heteroatoms. The van der Waals surface area contributed by atoms with Gasteiger partial charge in [0.05, 0.1) is 46.5 Å². The number of Topliss-reactive ketones (excluding diaryl/α,β-unsaturated/α-hetero) is 1. The number of ether oxygens (including phenoxy) is 2. The van der Waals surface area contributed by atoms with Gasteiger partial charge in [-0.3, -0.25) is 23.9 Å². The second-order valence-corrected chi connectivity index (χ2v) is 18.7. The fraction of sp³-hybridized carbons (Fsp3) is 0.625. The molecule has 7 rings (SSSR count). The summed E-state index contributed by atoms with van der Waals surface area (Å²) in [5.74, 6) is -1.99. The first kappa shape index (κ1) is 36.6. The van der Waals surface area contributed by atoms with Gasteiger partial charge in [-0.2, -0.15) is 0 Å². The summed E-state index contributed by atoms with van der Waals surface area (Å²) < 4.78 is 40.1. The summed E-state index contributed by atoms with van der Waals surface area (Å²) >= 11 is 0. The number of sulfonamides is 1. The number of amides is 2. The Morgan fingerprint density at radius 3 is 2.62 bits per heavy atom. The number of fused-ring (bicyclic) bond motifs is 5. The predicted molar refractivity (Wildman–Crippen MR) is 195 cm³/mol. The molecule has 2 amide bonds. The Balaban J connectivity index is 1.23. The number of para-hydroxylation sites is 1. The predicted octanol–water partition coefficient (Wildman–Crippen LogP) is 5.65. The SMILES string of the molecule is Cc1nc2ccccc2c2c1O[C@]1(CC2)C[C@H]2C(=O)C[C@]3(C(=O)NS(=O)(=O)C4(C)CC4)C[C@H]3/C=C\CCCCC[C@H](CC(=O)OC(C)C)C(=O)N2C1. The number of aromatic nitrogens is 1. The van der Waals surface area contributed by atoms with Crippen molar-refractivity contribution in [2.24, 2.45) is 17.3 Å². The van der Waals surface area contributed by atoms with Crippen molar-refractivity contribution in [3.63, 3.8) is 0 Å². The number of benzene rings is 1. The zero-order valence-corrected chi connectivity index (χ0v) is 31.6. The van der Waals surface area contributed by atoms with E-state index in [-0.39, 0.29) is 49.5 Å². The zero-order valence-electron chi connectivity index (χ0n) is 30.7. The Bertz CT molecular complexity index is 1940. The van der Waals surface area contributed by atoms with Gasteiger partial charge in [0.15, 0.2) is 5.78 Å². The fourth-order valence-corrected chi connectivity index (χ4v) is 9.96. The van der Waals surface area contributed by atoms with Crippen LogP contribution in [0.15, 0.2) is 36.4 Å². The zero-order chi connectivity index (χ0) is 37.1. The molecule has 4 heterocycles. The molecule has 1 saturated heterocycles. The summed E-state index contributed by atoms with van der Waals surface area (Å²) in [6.45, 7) is 7.23. The van der Waals surface area contributed by atoms with Gasteiger partial charge in [0.25, 0.3) is 0 Å². The maximum absolute atomic E-state index is 14.7. The van der Waals surface area contributed by atoms with E-state index in [0.717, 1.165) is 47.8 Å². The van der Waals surface area contributed by atoms with E-state index in [4.69, 9.17) is 14.5 Å². The Hall–Kier alpha value is -3.80. The van der Waals surface area contributed by atoms with Crippen molar-refractivity contribution < 1.29 is 37.1 Å². The number of allylic oxidation sites excluding steroid dienone is 2. The van der Waals surface area contributed by atoms with E-state index in [0.29, 0.717) is 44.3 Å². The molecule has 2 aliphatic carbocycles. The summed E-state index contributed by atoms with van der Waals surface area (Å²) in [6, 6.07) is 7.02. The Labute approximate surface area is 306 Å². The number of pyridine rings is 1. The molecular formula is C40H51N3O8S. The molecule has 5 aliphatic rings. The molecule has 2 aromatic rings. The van der Waals surface area contributed by atoms with Crippen LogP contribution in [0.1, 0.15) is 109 Å². The topological polar surface area (TPSA) is 149 Å². The number of nitrogens with zero attached hydrogens (tertiary/aromatic N) is 2. The molecule has 2 saturated carbocycles. The number of ketones is 1. The number of carbonyl (C=O) groups is 4. The lowest BCUT2D eigenvalue weighted by Crippen LogP contribution is -2.48. The number of esters is 1. The molecule has 5 atom stereocenters. The van der Waals surface area contributed by atoms with E-state index >= 15 is 0 Å². The average molecular weight is 734 g/mol. The van der Waals surface area contributed by atoms with Crippen LogP contribution in [0.5, 0.6) is 5.75 Å². The lowest BCUT2D eigenvalue weighted by molar-refractivity contribution is -0.153. The Morgan fingerprint density at radius 1 is 1.10 bits per heavy atom. The summed E-state index contributed by atoms with van der Waals surface area (Å²) in [5, 5.41) is 1.01. The highest BCUT2D eigenvalue weighted by atomic mass is 32.2. The van der Waals surface area contributed by atoms with Crippen molar-refractivity contribution in [3.8, 4) is 5.75 Å². The summed E-state index contributed by atoms with van der Waals surface area (Å²) in [4.78, 5) is 62.7. The van der Waals surface area contributed by atoms with Gasteiger partial charge in [-0.05, 0) is 91.0 Å². The van der Waals surface area contributed by atoms with E-state index in [1.165, 1.54) is 0 Å². The van der Waals surface area contributed by atoms with E-state index in [9.17, 15) is 27.6 Å². The summed E-state index contributed by atoms with van der Waals surface area (Å²) in [5.41, 5.74) is 0.565. The molecule has 1 spiro atoms. The quantitative estimate of drug-likeness (QED) is 0.294. The van der Waals surface area contributed by atoms with Crippen molar-refractivity contribution in [3.05, 3.63) is 47.7 Å². The van der Waals surface area contributed by atoms with Gasteiger partial charge >= 0.3 is 5.97 Å². The van der Waals surface area contributed by atoms with Gasteiger partial charge in [0.1, 0.15) is 11.4 Å². The van der Waals surface area contributed by atoms with Crippen LogP contribution in [0.25, 0.3) is 10.9 Å². The van der Waals surface area contributed by atoms with Gasteiger partial charge in [0, 0.05) is 29.7 Å². The smallest absolute Gasteiger partial charge is 0.306 e. The van der Waals surface area contributed by atoms with Crippen molar-refractivity contribution in [2.75, 3.05) is 6.54 Å². The third-order valence-electron chi connectivity index (χ3n) is 12.2. The third-order valence-corrected chi connectivity index (χ3v) is 14.3. The standard InChI is InChI=1S/C40H51N3O8S/c1-25(2)50-34(45)20-27-12-8-6-5-7-9-13-28-21-40(28,37(47)42-52(48,49)38(4)18-19-38)23-33(44)32-22-39(24-43(32)36(27)46)17-16-30-29-14-10-11-15-31(29)41-26(3)35(30)51-39/h9-11,13-15,25,27-28,32H,5-8,12,16-24H2,1-4H3,(H,42,47)/b13-9-/t27-,28-,32+,39-,40-/m1/s1. The highest BCUT2D eigenvalue weighted by Gasteiger charge is 2.63. The van der Waals surface area contributed by atoms with Crippen LogP contribution in [0.2, 0.25) is 0 Å². The van der Waals surface area contributed by atoms with Crippen LogP contribution in [-0.2, 0) is 40.4 Å². The van der Waals surface area contributed by atoms with Crippen LogP contribution in [0, 0.1) is 24.2 Å². The molecular weight excluding hydrogens is 683 g/mol. The number of hydrogen-bond acceptors (Lipinski definition) is 9. The van der Waals surface area contributed by atoms with Crippen molar-refractivity contribution >= 4 is 44.5 Å². The largest absolute Gasteiger partial charge is 0.483 e. The minimum atomic E-state index is -3.92. The lowest BCUT2D eigenvalue weighted by atomic mass is 9.85. The first-order valence-corrected chi connectivity index (χ1v) is 20.5. The molecule has 280 valence electrons. The maximum atomic E-state index is 14.7. The number of hydrogen-bond donors (Lipinski definition) is 1. The third kappa shape index (κ3) is 6.87. The van der Waals surface area contributed by atoms with Gasteiger partial charge in [0.2, 0.25) is 21.8 Å². The van der Waals surface area contributed by atoms with E-state index in [1.807, 2.05) is 43.3 Å². The van der Waals surface area contributed by atoms with Crippen LogP contribution < -0.4 is 9.46 Å². The molecule has 3 aliphatic heterocycles. The fourth-order valence-electron chi connectivity index (χ4n) is 8.62. The van der Waals surface area contributed by atoms with Gasteiger partial charge in [-0.25, -0.2) is 13.4 Å². The van der Waals surface area contributed by atoms with E-state index in [2.05, 4.69) is 4.72 Å². The second-order valence-electron chi connectivity index (χ2n) is 16.5. The second kappa shape index (κ2) is 13.6. The first-order chi connectivity index (χ1) is 24.7. The van der Waals surface area contributed by atoms with E-state index < -0.39 is 49.6 Å². The van der Waals surface area contributed by atoms with Crippen LogP contribution in [-0.4, -0.2) is 70.9 Å². The minimum Gasteiger partial charge on any atom is -0.483 e. The lowest BCUT2D eigenvalue weighted by Gasteiger charge is -2.36. The summed E-state index contributed by atoms with van der Waals surface area (Å²) in [6.07, 6.45) is 9.78. The molecule has 0 radical (unpaired) electrons. The van der Waals surface area contributed by atoms with Crippen LogP contribution in [0.3, 0.4) is 0 Å². The minimum absolute atomic E-state index is 0.0922. The molecule has 3 fully saturated rings. The maximum Gasteiger partial charge on any atom is 0.306 e. The molecule has 0 unspecified atom stereocenters. The number of rotatable bonds is 6. The molecule has 1 aromatic carbocycles. The van der Waals surface area contributed by atoms with Crippen molar-refractivity contribution in [1.29, 1.82) is 0 Å². The highest BCUT2D eigenvalue weighted by Crippen LogP contribution is 2.58. The monoisotopic (exact) mass is 733 g/mol. The molecule has 0 bridgehead atoms. The first-order valence-electron chi connectivity index (χ1n) is 19.0. The van der Waals surface area contributed by atoms with Crippen molar-refractivity contribution in [2.45, 2.75) is 134 Å². The molecule has 11 nitrogen and oxygen atoms in total. The number of aryl methyl sites for hydroxylation is 2. The summed E-state index contributed by atoms with van der Waals surface area (Å²) in [7, 11) is -3.92. The van der Waals surface area contributed by atoms with Gasteiger partial charge in [-0.1, -0.05) is 43.2 Å². The van der Waals surface area contributed by atoms with E-state index in [1.54, 1.807) is 25.7 Å². The number of nitrogens with one attached hydrogen (secondary N) is 1. The van der Waals surface area contributed by atoms with Gasteiger partial charge in [-0.15, -0.1) is 0 Å². The van der Waals surface area contributed by atoms with Crippen LogP contribution >= 0.6 is 0 Å². The van der Waals surface area contributed by atoms with Crippen molar-refractivity contribution in [1.82, 2.24) is 14.6 Å². The Morgan fingerprint density at radius 2 is 1.87 bits per heavy atom. The normalized spacial score (nSPS) is 30.7. The molecule has 1 N–H and O–H groups in total. The number of carbonyl (C=O) groups excluding carboxylic acids is 4. The average Bonchev–Trinajstić information content (AvgIpc) is 3.98. The molecule has 52 heavy (non-hydrogen) atoms. The van der Waals surface area contributed by atoms with Crippen LogP contribution in [0.4, 0.5) is 0 Å². The van der Waals surface area contributed by atoms with Gasteiger partial charge < -0.3 is 14.4 Å². The Kier molecular flexibility index (Phi) is 9.53.